The van der Waals surface area contributed by atoms with E-state index < -0.39 is 0 Å². The molecular formula is C12H16N4OS. The van der Waals surface area contributed by atoms with Gasteiger partial charge in [0.15, 0.2) is 4.77 Å². The van der Waals surface area contributed by atoms with Gasteiger partial charge in [-0.2, -0.15) is 0 Å². The minimum Gasteiger partial charge on any atom is -0.374 e. The number of likely N-dealkylation sites (N-methyl/N-ethyl adjacent to an activating group) is 1. The van der Waals surface area contributed by atoms with E-state index in [4.69, 9.17) is 17.0 Å². The maximum atomic E-state index is 5.79. The molecule has 0 radical (unpaired) electrons. The number of rotatable bonds is 2. The molecule has 1 aliphatic rings. The number of hydrogen-bond acceptors (Lipinski definition) is 4. The Morgan fingerprint density at radius 1 is 1.61 bits per heavy atom. The Balaban J connectivity index is 1.90. The molecule has 1 N–H and O–H groups in total. The Morgan fingerprint density at radius 3 is 3.33 bits per heavy atom. The van der Waals surface area contributed by atoms with Crippen LogP contribution in [0.5, 0.6) is 0 Å². The Kier molecular flexibility index (Phi) is 3.15. The van der Waals surface area contributed by atoms with E-state index in [1.54, 1.807) is 12.4 Å². The number of fused-ring (bicyclic) bond motifs is 1. The molecule has 2 aromatic rings. The van der Waals surface area contributed by atoms with Crippen molar-refractivity contribution in [2.75, 3.05) is 26.7 Å². The molecule has 1 atom stereocenters. The normalized spacial score (nSPS) is 21.5. The third kappa shape index (κ3) is 2.19. The van der Waals surface area contributed by atoms with Crippen molar-refractivity contribution in [3.05, 3.63) is 23.2 Å². The van der Waals surface area contributed by atoms with Crippen molar-refractivity contribution < 1.29 is 4.74 Å². The van der Waals surface area contributed by atoms with E-state index in [0.717, 1.165) is 42.0 Å². The van der Waals surface area contributed by atoms with Crippen molar-refractivity contribution in [1.29, 1.82) is 0 Å². The fourth-order valence-corrected chi connectivity index (χ4v) is 2.66. The molecule has 3 heterocycles. The van der Waals surface area contributed by atoms with Crippen LogP contribution in [0.2, 0.25) is 0 Å². The van der Waals surface area contributed by atoms with Crippen molar-refractivity contribution >= 4 is 23.3 Å². The van der Waals surface area contributed by atoms with Gasteiger partial charge in [0.05, 0.1) is 36.5 Å². The van der Waals surface area contributed by atoms with Crippen LogP contribution in [0, 0.1) is 4.77 Å². The lowest BCUT2D eigenvalue weighted by Crippen LogP contribution is -2.41. The smallest absolute Gasteiger partial charge is 0.178 e. The van der Waals surface area contributed by atoms with Crippen LogP contribution < -0.4 is 0 Å². The predicted octanol–water partition coefficient (Wildman–Crippen LogP) is 1.42. The van der Waals surface area contributed by atoms with Crippen molar-refractivity contribution in [3.63, 3.8) is 0 Å². The first-order valence-electron chi connectivity index (χ1n) is 6.07. The number of morpholine rings is 1. The van der Waals surface area contributed by atoms with E-state index in [1.165, 1.54) is 0 Å². The molecule has 1 fully saturated rings. The molecule has 0 aromatic carbocycles. The molecule has 2 aromatic heterocycles. The average molecular weight is 264 g/mol. The summed E-state index contributed by atoms with van der Waals surface area (Å²) >= 11 is 5.36. The molecule has 6 heteroatoms. The van der Waals surface area contributed by atoms with Crippen LogP contribution in [0.4, 0.5) is 0 Å². The predicted molar refractivity (Wildman–Crippen MR) is 72.2 cm³/mol. The quantitative estimate of drug-likeness (QED) is 0.833. The lowest BCUT2D eigenvalue weighted by Gasteiger charge is -2.30. The van der Waals surface area contributed by atoms with Gasteiger partial charge in [0, 0.05) is 19.3 Å². The van der Waals surface area contributed by atoms with Crippen molar-refractivity contribution in [2.45, 2.75) is 12.6 Å². The van der Waals surface area contributed by atoms with E-state index in [-0.39, 0.29) is 6.10 Å². The Labute approximate surface area is 110 Å². The molecule has 1 aliphatic heterocycles. The van der Waals surface area contributed by atoms with E-state index >= 15 is 0 Å². The third-order valence-corrected chi connectivity index (χ3v) is 3.63. The standard InChI is InChI=1S/C12H16N4OS/c1-15-4-5-17-9(7-15)8-16-11-2-3-13-6-10(11)14-12(16)18/h2-3,6,9H,4-5,7-8H2,1H3,(H,14,18). The lowest BCUT2D eigenvalue weighted by molar-refractivity contribution is -0.0271. The van der Waals surface area contributed by atoms with Crippen LogP contribution in [-0.4, -0.2) is 52.3 Å². The fourth-order valence-electron chi connectivity index (χ4n) is 2.37. The van der Waals surface area contributed by atoms with E-state index in [2.05, 4.69) is 26.5 Å². The summed E-state index contributed by atoms with van der Waals surface area (Å²) in [6, 6.07) is 1.98. The van der Waals surface area contributed by atoms with Crippen LogP contribution in [0.15, 0.2) is 18.5 Å². The lowest BCUT2D eigenvalue weighted by atomic mass is 10.2. The second kappa shape index (κ2) is 4.79. The van der Waals surface area contributed by atoms with Gasteiger partial charge in [-0.05, 0) is 25.3 Å². The zero-order valence-corrected chi connectivity index (χ0v) is 11.1. The number of hydrogen-bond donors (Lipinski definition) is 1. The van der Waals surface area contributed by atoms with E-state index in [1.807, 2.05) is 6.07 Å². The van der Waals surface area contributed by atoms with E-state index in [0.29, 0.717) is 0 Å². The molecule has 0 saturated carbocycles. The first-order chi connectivity index (χ1) is 8.74. The molecule has 3 rings (SSSR count). The number of ether oxygens (including phenoxy) is 1. The molecule has 1 unspecified atom stereocenters. The number of nitrogens with one attached hydrogen (secondary N) is 1. The molecule has 0 amide bonds. The van der Waals surface area contributed by atoms with Gasteiger partial charge in [-0.15, -0.1) is 0 Å². The van der Waals surface area contributed by atoms with Crippen LogP contribution in [0.3, 0.4) is 0 Å². The first kappa shape index (κ1) is 11.8. The third-order valence-electron chi connectivity index (χ3n) is 3.30. The fraction of sp³-hybridized carbons (Fsp3) is 0.500. The largest absolute Gasteiger partial charge is 0.374 e. The van der Waals surface area contributed by atoms with Gasteiger partial charge in [-0.3, -0.25) is 4.98 Å². The second-order valence-corrected chi connectivity index (χ2v) is 5.08. The summed E-state index contributed by atoms with van der Waals surface area (Å²) in [5, 5.41) is 0. The van der Waals surface area contributed by atoms with Crippen molar-refractivity contribution in [3.8, 4) is 0 Å². The van der Waals surface area contributed by atoms with Gasteiger partial charge < -0.3 is 19.2 Å². The van der Waals surface area contributed by atoms with Crippen molar-refractivity contribution in [2.24, 2.45) is 0 Å². The van der Waals surface area contributed by atoms with Crippen LogP contribution in [0.1, 0.15) is 0 Å². The molecule has 5 nitrogen and oxygen atoms in total. The SMILES string of the molecule is CN1CCOC(Cn2c(=S)[nH]c3cnccc32)C1. The monoisotopic (exact) mass is 264 g/mol. The van der Waals surface area contributed by atoms with Gasteiger partial charge in [-0.1, -0.05) is 0 Å². The van der Waals surface area contributed by atoms with E-state index in [9.17, 15) is 0 Å². The summed E-state index contributed by atoms with van der Waals surface area (Å²) in [4.78, 5) is 9.56. The van der Waals surface area contributed by atoms with Crippen molar-refractivity contribution in [1.82, 2.24) is 19.4 Å². The van der Waals surface area contributed by atoms with Crippen LogP contribution >= 0.6 is 12.2 Å². The number of H-pyrrole nitrogens is 1. The highest BCUT2D eigenvalue weighted by Gasteiger charge is 2.19. The highest BCUT2D eigenvalue weighted by Crippen LogP contribution is 2.15. The van der Waals surface area contributed by atoms with Gasteiger partial charge in [-0.25, -0.2) is 0 Å². The number of aromatic nitrogens is 3. The number of pyridine rings is 1. The summed E-state index contributed by atoms with van der Waals surface area (Å²) in [6.07, 6.45) is 3.78. The summed E-state index contributed by atoms with van der Waals surface area (Å²) in [7, 11) is 2.12. The maximum absolute atomic E-state index is 5.79. The van der Waals surface area contributed by atoms with Gasteiger partial charge in [0.1, 0.15) is 0 Å². The Morgan fingerprint density at radius 2 is 2.50 bits per heavy atom. The first-order valence-corrected chi connectivity index (χ1v) is 6.47. The Hall–Kier alpha value is -1.24. The summed E-state index contributed by atoms with van der Waals surface area (Å²) < 4.78 is 8.61. The molecule has 0 spiro atoms. The molecule has 0 bridgehead atoms. The minimum absolute atomic E-state index is 0.197. The minimum atomic E-state index is 0.197. The summed E-state index contributed by atoms with van der Waals surface area (Å²) in [6.45, 7) is 3.52. The Bertz CT molecular complexity index is 605. The highest BCUT2D eigenvalue weighted by molar-refractivity contribution is 7.71. The number of aromatic amines is 1. The zero-order valence-electron chi connectivity index (χ0n) is 10.3. The van der Waals surface area contributed by atoms with Crippen LogP contribution in [0.25, 0.3) is 11.0 Å². The second-order valence-electron chi connectivity index (χ2n) is 4.69. The van der Waals surface area contributed by atoms with Gasteiger partial charge in [0.25, 0.3) is 0 Å². The maximum Gasteiger partial charge on any atom is 0.178 e. The average Bonchev–Trinajstić information content (AvgIpc) is 2.66. The molecular weight excluding hydrogens is 248 g/mol. The molecule has 18 heavy (non-hydrogen) atoms. The highest BCUT2D eigenvalue weighted by atomic mass is 32.1. The summed E-state index contributed by atoms with van der Waals surface area (Å²) in [5.74, 6) is 0. The zero-order chi connectivity index (χ0) is 12.5. The van der Waals surface area contributed by atoms with Crippen LogP contribution in [-0.2, 0) is 11.3 Å². The topological polar surface area (TPSA) is 46.1 Å². The number of imidazole rings is 1. The molecule has 96 valence electrons. The number of nitrogens with zero attached hydrogens (tertiary/aromatic N) is 3. The molecule has 0 aliphatic carbocycles. The molecule has 1 saturated heterocycles. The van der Waals surface area contributed by atoms with Gasteiger partial charge >= 0.3 is 0 Å². The summed E-state index contributed by atoms with van der Waals surface area (Å²) in [5.41, 5.74) is 2.07. The van der Waals surface area contributed by atoms with Gasteiger partial charge in [0.2, 0.25) is 0 Å².